The number of nitrogens with one attached hydrogen (secondary N) is 2. The van der Waals surface area contributed by atoms with Crippen LogP contribution in [-0.4, -0.2) is 66.1 Å². The molecule has 1 aliphatic heterocycles. The summed E-state index contributed by atoms with van der Waals surface area (Å²) in [5.41, 5.74) is 2.38. The Balaban J connectivity index is 1.48. The number of anilines is 1. The Morgan fingerprint density at radius 3 is 2.82 bits per heavy atom. The van der Waals surface area contributed by atoms with E-state index in [4.69, 9.17) is 4.74 Å². The van der Waals surface area contributed by atoms with Crippen molar-refractivity contribution in [2.75, 3.05) is 38.2 Å². The molecule has 1 saturated heterocycles. The number of ether oxygens (including phenoxy) is 1. The number of hydrogen-bond donors (Lipinski definition) is 2. The normalized spacial score (nSPS) is 16.3. The molecule has 176 valence electrons. The molecule has 0 radical (unpaired) electrons. The van der Waals surface area contributed by atoms with Crippen molar-refractivity contribution in [1.82, 2.24) is 20.2 Å². The minimum absolute atomic E-state index is 0.0229. The predicted molar refractivity (Wildman–Crippen MR) is 130 cm³/mol. The summed E-state index contributed by atoms with van der Waals surface area (Å²) in [6.07, 6.45) is 9.31. The lowest BCUT2D eigenvalue weighted by atomic mass is 10.0. The van der Waals surface area contributed by atoms with Gasteiger partial charge in [0.2, 0.25) is 11.8 Å². The highest BCUT2D eigenvalue weighted by atomic mass is 16.5. The van der Waals surface area contributed by atoms with Crippen molar-refractivity contribution in [1.29, 1.82) is 0 Å². The SMILES string of the molecule is COc1cc(-c2c[nH]c(=O)c(N(CC3CC3)C3CN(C(=O)/C=C/CNC(C)C)C3)c2)ccn1. The summed E-state index contributed by atoms with van der Waals surface area (Å²) in [6, 6.07) is 6.22. The molecule has 1 aliphatic carbocycles. The third-order valence-electron chi connectivity index (χ3n) is 6.14. The Labute approximate surface area is 194 Å². The van der Waals surface area contributed by atoms with Crippen molar-refractivity contribution < 1.29 is 9.53 Å². The zero-order valence-electron chi connectivity index (χ0n) is 19.6. The summed E-state index contributed by atoms with van der Waals surface area (Å²) in [5, 5.41) is 3.27. The molecule has 8 heteroatoms. The maximum atomic E-state index is 12.8. The van der Waals surface area contributed by atoms with Crippen LogP contribution in [0.2, 0.25) is 0 Å². The number of carbonyl (C=O) groups is 1. The van der Waals surface area contributed by atoms with Gasteiger partial charge in [0.05, 0.1) is 13.2 Å². The van der Waals surface area contributed by atoms with Crippen molar-refractivity contribution in [3.63, 3.8) is 0 Å². The van der Waals surface area contributed by atoms with Gasteiger partial charge in [-0.05, 0) is 36.5 Å². The second-order valence-corrected chi connectivity index (χ2v) is 9.15. The average Bonchev–Trinajstić information content (AvgIpc) is 3.59. The molecule has 1 saturated carbocycles. The van der Waals surface area contributed by atoms with E-state index in [1.165, 1.54) is 12.8 Å². The summed E-state index contributed by atoms with van der Waals surface area (Å²) >= 11 is 0. The monoisotopic (exact) mass is 451 g/mol. The van der Waals surface area contributed by atoms with Crippen molar-refractivity contribution in [2.24, 2.45) is 5.92 Å². The number of hydrogen-bond acceptors (Lipinski definition) is 6. The van der Waals surface area contributed by atoms with Crippen LogP contribution in [0.5, 0.6) is 5.88 Å². The maximum absolute atomic E-state index is 12.8. The molecule has 0 unspecified atom stereocenters. The average molecular weight is 452 g/mol. The third-order valence-corrected chi connectivity index (χ3v) is 6.14. The number of carbonyl (C=O) groups excluding carboxylic acids is 1. The van der Waals surface area contributed by atoms with Crippen LogP contribution in [0.4, 0.5) is 5.69 Å². The van der Waals surface area contributed by atoms with Gasteiger partial charge in [0, 0.05) is 62.3 Å². The lowest BCUT2D eigenvalue weighted by molar-refractivity contribution is -0.130. The van der Waals surface area contributed by atoms with Gasteiger partial charge in [0.15, 0.2) is 0 Å². The molecule has 2 aromatic rings. The molecular weight excluding hydrogens is 418 g/mol. The van der Waals surface area contributed by atoms with Gasteiger partial charge in [0.25, 0.3) is 5.56 Å². The molecule has 33 heavy (non-hydrogen) atoms. The standard InChI is InChI=1S/C25H33N5O3/c1-17(2)26-9-4-5-24(31)29-15-21(16-29)30(14-18-6-7-18)22-11-20(13-28-25(22)32)19-8-10-27-23(12-19)33-3/h4-5,8,10-13,17-18,21,26H,6-7,9,14-16H2,1-3H3,(H,28,32)/b5-4+. The second kappa shape index (κ2) is 10.2. The van der Waals surface area contributed by atoms with E-state index in [2.05, 4.69) is 34.0 Å². The van der Waals surface area contributed by atoms with Gasteiger partial charge in [-0.2, -0.15) is 0 Å². The van der Waals surface area contributed by atoms with Gasteiger partial charge in [-0.1, -0.05) is 19.9 Å². The van der Waals surface area contributed by atoms with Crippen LogP contribution in [-0.2, 0) is 4.79 Å². The number of likely N-dealkylation sites (tertiary alicyclic amines) is 1. The van der Waals surface area contributed by atoms with Crippen molar-refractivity contribution in [2.45, 2.75) is 38.8 Å². The lowest BCUT2D eigenvalue weighted by Gasteiger charge is -2.46. The molecule has 2 aliphatic rings. The third kappa shape index (κ3) is 5.82. The number of rotatable bonds is 10. The molecule has 8 nitrogen and oxygen atoms in total. The Morgan fingerprint density at radius 2 is 2.12 bits per heavy atom. The van der Waals surface area contributed by atoms with Crippen LogP contribution in [0.3, 0.4) is 0 Å². The fraction of sp³-hybridized carbons (Fsp3) is 0.480. The van der Waals surface area contributed by atoms with Gasteiger partial charge in [-0.25, -0.2) is 4.98 Å². The fourth-order valence-corrected chi connectivity index (χ4v) is 3.98. The van der Waals surface area contributed by atoms with Crippen LogP contribution in [0.1, 0.15) is 26.7 Å². The molecule has 0 atom stereocenters. The molecule has 0 spiro atoms. The number of aromatic nitrogens is 2. The summed E-state index contributed by atoms with van der Waals surface area (Å²) < 4.78 is 5.24. The maximum Gasteiger partial charge on any atom is 0.271 e. The van der Waals surface area contributed by atoms with E-state index < -0.39 is 0 Å². The van der Waals surface area contributed by atoms with Gasteiger partial charge >= 0.3 is 0 Å². The Morgan fingerprint density at radius 1 is 1.33 bits per heavy atom. The lowest BCUT2D eigenvalue weighted by Crippen LogP contribution is -2.62. The summed E-state index contributed by atoms with van der Waals surface area (Å²) in [6.45, 7) is 6.92. The topological polar surface area (TPSA) is 90.6 Å². The molecule has 4 rings (SSSR count). The first-order valence-electron chi connectivity index (χ1n) is 11.6. The summed E-state index contributed by atoms with van der Waals surface area (Å²) in [7, 11) is 1.58. The van der Waals surface area contributed by atoms with E-state index in [1.54, 1.807) is 25.6 Å². The number of nitrogens with zero attached hydrogens (tertiary/aromatic N) is 3. The number of H-pyrrole nitrogens is 1. The molecule has 0 aromatic carbocycles. The first-order valence-corrected chi connectivity index (χ1v) is 11.6. The van der Waals surface area contributed by atoms with Crippen LogP contribution in [0.25, 0.3) is 11.1 Å². The largest absolute Gasteiger partial charge is 0.481 e. The van der Waals surface area contributed by atoms with E-state index >= 15 is 0 Å². The summed E-state index contributed by atoms with van der Waals surface area (Å²) in [5.74, 6) is 1.16. The van der Waals surface area contributed by atoms with Gasteiger partial charge < -0.3 is 24.8 Å². The van der Waals surface area contributed by atoms with Crippen LogP contribution in [0.15, 0.2) is 47.5 Å². The second-order valence-electron chi connectivity index (χ2n) is 9.15. The highest BCUT2D eigenvalue weighted by Gasteiger charge is 2.37. The van der Waals surface area contributed by atoms with E-state index in [0.717, 1.165) is 17.7 Å². The number of pyridine rings is 2. The Kier molecular flexibility index (Phi) is 7.13. The number of aromatic amines is 1. The smallest absolute Gasteiger partial charge is 0.271 e. The first-order chi connectivity index (χ1) is 15.9. The number of methoxy groups -OCH3 is 1. The minimum atomic E-state index is -0.107. The first kappa shape index (κ1) is 23.0. The van der Waals surface area contributed by atoms with Gasteiger partial charge in [-0.15, -0.1) is 0 Å². The highest BCUT2D eigenvalue weighted by Crippen LogP contribution is 2.34. The minimum Gasteiger partial charge on any atom is -0.481 e. The molecule has 2 aromatic heterocycles. The Bertz CT molecular complexity index is 1050. The predicted octanol–water partition coefficient (Wildman–Crippen LogP) is 2.43. The molecular formula is C25H33N5O3. The number of amides is 1. The zero-order chi connectivity index (χ0) is 23.4. The van der Waals surface area contributed by atoms with Crippen LogP contribution >= 0.6 is 0 Å². The Hall–Kier alpha value is -3.13. The zero-order valence-corrected chi connectivity index (χ0v) is 19.6. The van der Waals surface area contributed by atoms with Crippen molar-refractivity contribution >= 4 is 11.6 Å². The van der Waals surface area contributed by atoms with E-state index in [-0.39, 0.29) is 17.5 Å². The molecule has 2 N–H and O–H groups in total. The van der Waals surface area contributed by atoms with Crippen molar-refractivity contribution in [3.8, 4) is 17.0 Å². The highest BCUT2D eigenvalue weighted by molar-refractivity contribution is 5.88. The van der Waals surface area contributed by atoms with Crippen LogP contribution < -0.4 is 20.5 Å². The molecule has 2 fully saturated rings. The van der Waals surface area contributed by atoms with E-state index in [1.807, 2.05) is 29.2 Å². The van der Waals surface area contributed by atoms with Gasteiger partial charge in [0.1, 0.15) is 5.69 Å². The molecule has 0 bridgehead atoms. The van der Waals surface area contributed by atoms with Gasteiger partial charge in [-0.3, -0.25) is 9.59 Å². The molecule has 1 amide bonds. The molecule has 3 heterocycles. The summed E-state index contributed by atoms with van der Waals surface area (Å²) in [4.78, 5) is 36.4. The van der Waals surface area contributed by atoms with E-state index in [9.17, 15) is 9.59 Å². The fourth-order valence-electron chi connectivity index (χ4n) is 3.98. The van der Waals surface area contributed by atoms with Crippen molar-refractivity contribution in [3.05, 3.63) is 53.1 Å². The van der Waals surface area contributed by atoms with E-state index in [0.29, 0.717) is 43.2 Å². The van der Waals surface area contributed by atoms with Crippen LogP contribution in [0, 0.1) is 5.92 Å². The quantitative estimate of drug-likeness (QED) is 0.539.